The first kappa shape index (κ1) is 20.4. The van der Waals surface area contributed by atoms with Crippen LogP contribution in [0.2, 0.25) is 5.02 Å². The minimum atomic E-state index is -0.582. The van der Waals surface area contributed by atoms with Gasteiger partial charge in [-0.2, -0.15) is 0 Å². The highest BCUT2D eigenvalue weighted by Gasteiger charge is 2.27. The van der Waals surface area contributed by atoms with Crippen molar-refractivity contribution in [2.75, 3.05) is 11.9 Å². The molecule has 0 radical (unpaired) electrons. The van der Waals surface area contributed by atoms with Crippen molar-refractivity contribution in [2.45, 2.75) is 39.2 Å². The van der Waals surface area contributed by atoms with Gasteiger partial charge in [0.1, 0.15) is 5.00 Å². The molecule has 1 heterocycles. The van der Waals surface area contributed by atoms with Crippen molar-refractivity contribution >= 4 is 45.7 Å². The number of amides is 2. The molecule has 28 heavy (non-hydrogen) atoms. The standard InChI is InChI=1S/C20H21ClN2O4S/c1-12(24)23-19-18(15-7-2-3-8-16(15)28-19)20(26)27-11-17(25)22-10-13-5-4-6-14(21)9-13/h4-6,9H,2-3,7-8,10-11H2,1H3,(H,22,25)(H,23,24). The van der Waals surface area contributed by atoms with Crippen LogP contribution in [0.3, 0.4) is 0 Å². The first-order chi connectivity index (χ1) is 13.4. The number of esters is 1. The molecule has 2 aromatic rings. The van der Waals surface area contributed by atoms with Gasteiger partial charge in [-0.1, -0.05) is 23.7 Å². The molecule has 1 aromatic heterocycles. The second-order valence-corrected chi connectivity index (χ2v) is 8.12. The summed E-state index contributed by atoms with van der Waals surface area (Å²) in [5.74, 6) is -1.23. The number of aryl methyl sites for hydroxylation is 1. The van der Waals surface area contributed by atoms with Crippen LogP contribution in [0.5, 0.6) is 0 Å². The van der Waals surface area contributed by atoms with Crippen LogP contribution in [0, 0.1) is 0 Å². The predicted molar refractivity (Wildman–Crippen MR) is 109 cm³/mol. The molecule has 0 saturated heterocycles. The second-order valence-electron chi connectivity index (χ2n) is 6.58. The number of anilines is 1. The Morgan fingerprint density at radius 2 is 2.00 bits per heavy atom. The van der Waals surface area contributed by atoms with Crippen LogP contribution >= 0.6 is 22.9 Å². The van der Waals surface area contributed by atoms with E-state index in [0.717, 1.165) is 41.7 Å². The zero-order valence-electron chi connectivity index (χ0n) is 15.5. The fourth-order valence-electron chi connectivity index (χ4n) is 3.13. The molecule has 1 aliphatic rings. The van der Waals surface area contributed by atoms with E-state index < -0.39 is 11.9 Å². The first-order valence-electron chi connectivity index (χ1n) is 9.04. The van der Waals surface area contributed by atoms with Crippen molar-refractivity contribution in [3.63, 3.8) is 0 Å². The van der Waals surface area contributed by atoms with Gasteiger partial charge in [-0.15, -0.1) is 11.3 Å². The van der Waals surface area contributed by atoms with E-state index in [-0.39, 0.29) is 12.5 Å². The predicted octanol–water partition coefficient (Wildman–Crippen LogP) is 3.71. The normalized spacial score (nSPS) is 12.8. The number of hydrogen-bond donors (Lipinski definition) is 2. The van der Waals surface area contributed by atoms with E-state index in [2.05, 4.69) is 10.6 Å². The summed E-state index contributed by atoms with van der Waals surface area (Å²) >= 11 is 7.33. The molecule has 0 spiro atoms. The molecular formula is C20H21ClN2O4S. The number of carbonyl (C=O) groups excluding carboxylic acids is 3. The maximum Gasteiger partial charge on any atom is 0.341 e. The molecule has 148 valence electrons. The van der Waals surface area contributed by atoms with E-state index in [4.69, 9.17) is 16.3 Å². The fraction of sp³-hybridized carbons (Fsp3) is 0.350. The average Bonchev–Trinajstić information content (AvgIpc) is 3.01. The Morgan fingerprint density at radius 3 is 2.75 bits per heavy atom. The minimum absolute atomic E-state index is 0.244. The second kappa shape index (κ2) is 9.21. The quantitative estimate of drug-likeness (QED) is 0.697. The molecule has 0 aliphatic heterocycles. The lowest BCUT2D eigenvalue weighted by Gasteiger charge is -2.13. The van der Waals surface area contributed by atoms with Gasteiger partial charge in [-0.05, 0) is 48.9 Å². The van der Waals surface area contributed by atoms with E-state index in [1.54, 1.807) is 18.2 Å². The summed E-state index contributed by atoms with van der Waals surface area (Å²) in [4.78, 5) is 37.3. The Morgan fingerprint density at radius 1 is 1.21 bits per heavy atom. The Bertz CT molecular complexity index is 910. The molecule has 1 aliphatic carbocycles. The zero-order valence-corrected chi connectivity index (χ0v) is 17.0. The van der Waals surface area contributed by atoms with Crippen LogP contribution in [-0.2, 0) is 33.7 Å². The Kier molecular flexibility index (Phi) is 6.70. The molecule has 0 saturated carbocycles. The zero-order chi connectivity index (χ0) is 20.1. The molecule has 0 bridgehead atoms. The van der Waals surface area contributed by atoms with Gasteiger partial charge in [0.2, 0.25) is 5.91 Å². The van der Waals surface area contributed by atoms with E-state index >= 15 is 0 Å². The van der Waals surface area contributed by atoms with Crippen molar-refractivity contribution in [3.05, 3.63) is 50.9 Å². The third-order valence-corrected chi connectivity index (χ3v) is 5.82. The van der Waals surface area contributed by atoms with Crippen molar-refractivity contribution < 1.29 is 19.1 Å². The summed E-state index contributed by atoms with van der Waals surface area (Å²) in [5.41, 5.74) is 2.17. The van der Waals surface area contributed by atoms with Gasteiger partial charge in [0, 0.05) is 23.4 Å². The highest BCUT2D eigenvalue weighted by Crippen LogP contribution is 2.38. The van der Waals surface area contributed by atoms with Crippen LogP contribution in [0.4, 0.5) is 5.00 Å². The van der Waals surface area contributed by atoms with Crippen LogP contribution in [-0.4, -0.2) is 24.4 Å². The summed E-state index contributed by atoms with van der Waals surface area (Å²) in [6.07, 6.45) is 3.72. The monoisotopic (exact) mass is 420 g/mol. The molecule has 0 unspecified atom stereocenters. The van der Waals surface area contributed by atoms with Crippen molar-refractivity contribution in [3.8, 4) is 0 Å². The summed E-state index contributed by atoms with van der Waals surface area (Å²) in [5, 5.41) is 6.50. The van der Waals surface area contributed by atoms with Gasteiger partial charge in [0.25, 0.3) is 5.91 Å². The summed E-state index contributed by atoms with van der Waals surface area (Å²) in [6, 6.07) is 7.15. The number of thiophene rings is 1. The molecule has 0 fully saturated rings. The SMILES string of the molecule is CC(=O)Nc1sc2c(c1C(=O)OCC(=O)NCc1cccc(Cl)c1)CCCC2. The van der Waals surface area contributed by atoms with Crippen LogP contribution in [0.1, 0.15) is 46.1 Å². The Labute approximate surface area is 172 Å². The lowest BCUT2D eigenvalue weighted by Crippen LogP contribution is -2.28. The van der Waals surface area contributed by atoms with Crippen LogP contribution in [0.15, 0.2) is 24.3 Å². The van der Waals surface area contributed by atoms with Gasteiger partial charge in [-0.25, -0.2) is 4.79 Å². The number of carbonyl (C=O) groups is 3. The third kappa shape index (κ3) is 5.11. The number of ether oxygens (including phenoxy) is 1. The molecule has 8 heteroatoms. The minimum Gasteiger partial charge on any atom is -0.452 e. The molecule has 1 aromatic carbocycles. The smallest absolute Gasteiger partial charge is 0.341 e. The van der Waals surface area contributed by atoms with E-state index in [9.17, 15) is 14.4 Å². The number of nitrogens with one attached hydrogen (secondary N) is 2. The van der Waals surface area contributed by atoms with E-state index in [1.807, 2.05) is 6.07 Å². The van der Waals surface area contributed by atoms with Gasteiger partial charge in [-0.3, -0.25) is 9.59 Å². The van der Waals surface area contributed by atoms with E-state index in [1.165, 1.54) is 18.3 Å². The van der Waals surface area contributed by atoms with Crippen molar-refractivity contribution in [1.29, 1.82) is 0 Å². The lowest BCUT2D eigenvalue weighted by molar-refractivity contribution is -0.124. The maximum atomic E-state index is 12.6. The Hall–Kier alpha value is -2.38. The topological polar surface area (TPSA) is 84.5 Å². The number of hydrogen-bond acceptors (Lipinski definition) is 5. The molecule has 2 N–H and O–H groups in total. The summed E-state index contributed by atoms with van der Waals surface area (Å²) in [6.45, 7) is 1.31. The summed E-state index contributed by atoms with van der Waals surface area (Å²) in [7, 11) is 0. The Balaban J connectivity index is 1.62. The highest BCUT2D eigenvalue weighted by atomic mass is 35.5. The molecule has 2 amide bonds. The van der Waals surface area contributed by atoms with Gasteiger partial charge in [0.05, 0.1) is 5.56 Å². The molecule has 3 rings (SSSR count). The van der Waals surface area contributed by atoms with Gasteiger partial charge in [0.15, 0.2) is 6.61 Å². The van der Waals surface area contributed by atoms with E-state index in [0.29, 0.717) is 22.1 Å². The van der Waals surface area contributed by atoms with Gasteiger partial charge < -0.3 is 15.4 Å². The molecule has 0 atom stereocenters. The van der Waals surface area contributed by atoms with Gasteiger partial charge >= 0.3 is 5.97 Å². The largest absolute Gasteiger partial charge is 0.452 e. The number of fused-ring (bicyclic) bond motifs is 1. The number of halogens is 1. The van der Waals surface area contributed by atoms with Crippen molar-refractivity contribution in [2.24, 2.45) is 0 Å². The number of benzene rings is 1. The third-order valence-electron chi connectivity index (χ3n) is 4.38. The highest BCUT2D eigenvalue weighted by molar-refractivity contribution is 7.17. The average molecular weight is 421 g/mol. The van der Waals surface area contributed by atoms with Crippen LogP contribution < -0.4 is 10.6 Å². The number of rotatable bonds is 6. The summed E-state index contributed by atoms with van der Waals surface area (Å²) < 4.78 is 5.23. The first-order valence-corrected chi connectivity index (χ1v) is 10.2. The van der Waals surface area contributed by atoms with Crippen LogP contribution in [0.25, 0.3) is 0 Å². The maximum absolute atomic E-state index is 12.6. The van der Waals surface area contributed by atoms with Crippen molar-refractivity contribution in [1.82, 2.24) is 5.32 Å². The molecule has 6 nitrogen and oxygen atoms in total. The molecular weight excluding hydrogens is 400 g/mol. The fourth-order valence-corrected chi connectivity index (χ4v) is 4.67. The lowest BCUT2D eigenvalue weighted by atomic mass is 9.95.